The van der Waals surface area contributed by atoms with E-state index in [1.54, 1.807) is 0 Å². The predicted octanol–water partition coefficient (Wildman–Crippen LogP) is 1.15. The van der Waals surface area contributed by atoms with Gasteiger partial charge in [0.1, 0.15) is 6.10 Å². The van der Waals surface area contributed by atoms with Crippen LogP contribution in [0.4, 0.5) is 0 Å². The van der Waals surface area contributed by atoms with Crippen LogP contribution >= 0.6 is 0 Å². The maximum Gasteiger partial charge on any atom is 0.308 e. The summed E-state index contributed by atoms with van der Waals surface area (Å²) in [4.78, 5) is 23.5. The average molecular weight is 527 g/mol. The topological polar surface area (TPSA) is 165 Å². The molecule has 0 spiro atoms. The van der Waals surface area contributed by atoms with Crippen molar-refractivity contribution < 1.29 is 45.0 Å². The van der Waals surface area contributed by atoms with E-state index in [4.69, 9.17) is 9.84 Å². The lowest BCUT2D eigenvalue weighted by Crippen LogP contribution is -2.62. The maximum absolute atomic E-state index is 12.4. The monoisotopic (exact) mass is 526 g/mol. The smallest absolute Gasteiger partial charge is 0.308 e. The number of esters is 1. The molecular weight excluding hydrogens is 480 g/mol. The van der Waals surface area contributed by atoms with Crippen molar-refractivity contribution in [1.82, 2.24) is 0 Å². The highest BCUT2D eigenvalue weighted by atomic mass is 16.7. The molecule has 4 rings (SSSR count). The quantitative estimate of drug-likeness (QED) is 0.155. The molecule has 4 aliphatic rings. The summed E-state index contributed by atoms with van der Waals surface area (Å²) >= 11 is 0. The minimum atomic E-state index is -2.78. The van der Waals surface area contributed by atoms with Crippen LogP contribution < -0.4 is 0 Å². The molecule has 13 unspecified atom stereocenters. The molecule has 0 saturated heterocycles. The van der Waals surface area contributed by atoms with Gasteiger partial charge in [-0.3, -0.25) is 9.59 Å². The summed E-state index contributed by atoms with van der Waals surface area (Å²) in [7, 11) is 0. The van der Waals surface area contributed by atoms with E-state index >= 15 is 0 Å². The van der Waals surface area contributed by atoms with Crippen LogP contribution in [0.1, 0.15) is 78.6 Å². The molecule has 13 atom stereocenters. The number of aliphatic hydroxyl groups excluding tert-OH is 5. The van der Waals surface area contributed by atoms with Crippen LogP contribution in [0.15, 0.2) is 0 Å². The van der Waals surface area contributed by atoms with Gasteiger partial charge in [0.15, 0.2) is 6.29 Å². The van der Waals surface area contributed by atoms with E-state index in [9.17, 15) is 35.1 Å². The highest BCUT2D eigenvalue weighted by Gasteiger charge is 2.65. The van der Waals surface area contributed by atoms with Crippen LogP contribution in [0.5, 0.6) is 0 Å². The summed E-state index contributed by atoms with van der Waals surface area (Å²) in [5, 5.41) is 62.0. The summed E-state index contributed by atoms with van der Waals surface area (Å²) in [5.41, 5.74) is -0.396. The number of rotatable bonds is 8. The van der Waals surface area contributed by atoms with E-state index in [1.807, 2.05) is 6.92 Å². The molecule has 0 aromatic carbocycles. The van der Waals surface area contributed by atoms with Crippen LogP contribution in [-0.4, -0.2) is 79.7 Å². The zero-order valence-electron chi connectivity index (χ0n) is 22.3. The molecule has 9 nitrogen and oxygen atoms in total. The number of aliphatic hydroxyl groups is 6. The van der Waals surface area contributed by atoms with Gasteiger partial charge < -0.3 is 35.4 Å². The normalized spacial score (nSPS) is 46.5. The van der Waals surface area contributed by atoms with Crippen LogP contribution in [0.25, 0.3) is 0 Å². The third-order valence-electron chi connectivity index (χ3n) is 11.4. The van der Waals surface area contributed by atoms with Crippen molar-refractivity contribution in [3.8, 4) is 0 Å². The number of hydrogen-bond donors (Lipinski definition) is 6. The van der Waals surface area contributed by atoms with Gasteiger partial charge in [-0.2, -0.15) is 0 Å². The summed E-state index contributed by atoms with van der Waals surface area (Å²) in [6.07, 6.45) is 2.54. The molecule has 0 radical (unpaired) electrons. The Labute approximate surface area is 219 Å². The molecule has 212 valence electrons. The Morgan fingerprint density at radius 3 is 2.46 bits per heavy atom. The Morgan fingerprint density at radius 1 is 1.11 bits per heavy atom. The first kappa shape index (κ1) is 28.9. The van der Waals surface area contributed by atoms with Gasteiger partial charge in [-0.05, 0) is 97.7 Å². The lowest BCUT2D eigenvalue weighted by atomic mass is 9.43. The van der Waals surface area contributed by atoms with Crippen molar-refractivity contribution in [2.45, 2.75) is 109 Å². The second-order valence-electron chi connectivity index (χ2n) is 13.1. The van der Waals surface area contributed by atoms with Gasteiger partial charge in [0, 0.05) is 6.42 Å². The Morgan fingerprint density at radius 2 is 1.81 bits per heavy atom. The average Bonchev–Trinajstić information content (AvgIpc) is 3.22. The Kier molecular flexibility index (Phi) is 8.18. The summed E-state index contributed by atoms with van der Waals surface area (Å²) < 4.78 is 4.80. The lowest BCUT2D eigenvalue weighted by molar-refractivity contribution is -0.236. The first-order valence-electron chi connectivity index (χ1n) is 14.0. The number of ether oxygens (including phenoxy) is 1. The summed E-state index contributed by atoms with van der Waals surface area (Å²) in [5.74, 6) is -2.72. The Bertz CT molecular complexity index is 852. The van der Waals surface area contributed by atoms with Crippen molar-refractivity contribution in [1.29, 1.82) is 0 Å². The lowest BCUT2D eigenvalue weighted by Gasteiger charge is -2.63. The third kappa shape index (κ3) is 4.78. The third-order valence-corrected chi connectivity index (χ3v) is 11.4. The van der Waals surface area contributed by atoms with E-state index in [1.165, 1.54) is 0 Å². The standard InChI is InChI=1S/C28H46O9/c1-15(4-7-24(35)37-28(36,14-30)23(34)13-29)18-5-6-19-25-20(12-22(33)27(18,19)3)26(2)9-8-17(31)10-16(26)11-21(25)32/h14-23,25,29,31-34,36H,4-13H2,1-3H3. The van der Waals surface area contributed by atoms with Crippen molar-refractivity contribution >= 4 is 12.3 Å². The van der Waals surface area contributed by atoms with Gasteiger partial charge in [0.25, 0.3) is 5.79 Å². The molecule has 0 heterocycles. The fourth-order valence-corrected chi connectivity index (χ4v) is 9.21. The van der Waals surface area contributed by atoms with E-state index in [-0.39, 0.29) is 59.7 Å². The molecule has 0 aliphatic heterocycles. The van der Waals surface area contributed by atoms with Gasteiger partial charge in [0.2, 0.25) is 0 Å². The van der Waals surface area contributed by atoms with E-state index in [2.05, 4.69) is 13.8 Å². The second-order valence-corrected chi connectivity index (χ2v) is 13.1. The van der Waals surface area contributed by atoms with E-state index < -0.39 is 42.1 Å². The molecule has 0 aromatic rings. The Hall–Kier alpha value is -1.10. The number of fused-ring (bicyclic) bond motifs is 5. The predicted molar refractivity (Wildman–Crippen MR) is 133 cm³/mol. The van der Waals surface area contributed by atoms with Crippen LogP contribution in [0.3, 0.4) is 0 Å². The van der Waals surface area contributed by atoms with Crippen molar-refractivity contribution in [2.24, 2.45) is 46.3 Å². The van der Waals surface area contributed by atoms with E-state index in [0.29, 0.717) is 19.3 Å². The molecule has 9 heteroatoms. The highest BCUT2D eigenvalue weighted by Crippen LogP contribution is 2.68. The van der Waals surface area contributed by atoms with Gasteiger partial charge >= 0.3 is 5.97 Å². The Balaban J connectivity index is 1.46. The fraction of sp³-hybridized carbons (Fsp3) is 0.929. The molecule has 0 bridgehead atoms. The minimum absolute atomic E-state index is 0.00735. The minimum Gasteiger partial charge on any atom is -0.423 e. The van der Waals surface area contributed by atoms with Crippen LogP contribution in [0.2, 0.25) is 0 Å². The zero-order valence-corrected chi connectivity index (χ0v) is 22.3. The molecule has 4 fully saturated rings. The first-order chi connectivity index (χ1) is 17.3. The first-order valence-corrected chi connectivity index (χ1v) is 14.0. The van der Waals surface area contributed by atoms with Crippen LogP contribution in [-0.2, 0) is 14.3 Å². The molecule has 0 aromatic heterocycles. The molecule has 37 heavy (non-hydrogen) atoms. The number of carbonyl (C=O) groups excluding carboxylic acids is 2. The number of aldehydes is 1. The van der Waals surface area contributed by atoms with Gasteiger partial charge in [0.05, 0.1) is 24.9 Å². The molecule has 0 amide bonds. The molecule has 4 aliphatic carbocycles. The van der Waals surface area contributed by atoms with Gasteiger partial charge in [-0.25, -0.2) is 0 Å². The van der Waals surface area contributed by atoms with E-state index in [0.717, 1.165) is 32.1 Å². The fourth-order valence-electron chi connectivity index (χ4n) is 9.21. The number of hydrogen-bond acceptors (Lipinski definition) is 9. The SMILES string of the molecule is CC(CCC(=O)OC(O)(C=O)C(O)CO)C1CCC2C3C(O)CC4CC(O)CCC4(C)C3CC(O)C12C. The van der Waals surface area contributed by atoms with Gasteiger partial charge in [-0.1, -0.05) is 20.8 Å². The zero-order chi connectivity index (χ0) is 27.3. The molecular formula is C28H46O9. The summed E-state index contributed by atoms with van der Waals surface area (Å²) in [6.45, 7) is 5.54. The van der Waals surface area contributed by atoms with Crippen LogP contribution in [0, 0.1) is 46.3 Å². The number of carbonyl (C=O) groups is 2. The summed E-state index contributed by atoms with van der Waals surface area (Å²) in [6, 6.07) is 0. The maximum atomic E-state index is 12.4. The van der Waals surface area contributed by atoms with Crippen molar-refractivity contribution in [2.75, 3.05) is 6.61 Å². The largest absolute Gasteiger partial charge is 0.423 e. The molecule has 4 saturated carbocycles. The highest BCUT2D eigenvalue weighted by molar-refractivity contribution is 5.74. The van der Waals surface area contributed by atoms with Crippen molar-refractivity contribution in [3.05, 3.63) is 0 Å². The van der Waals surface area contributed by atoms with Gasteiger partial charge in [-0.15, -0.1) is 0 Å². The molecule has 6 N–H and O–H groups in total. The van der Waals surface area contributed by atoms with Crippen molar-refractivity contribution in [3.63, 3.8) is 0 Å². The second kappa shape index (κ2) is 10.5.